The molecule has 1 saturated heterocycles. The highest BCUT2D eigenvalue weighted by molar-refractivity contribution is 5.73. The number of carbonyl (C=O) groups is 1. The van der Waals surface area contributed by atoms with Crippen LogP contribution in [0.5, 0.6) is 17.4 Å². The van der Waals surface area contributed by atoms with Gasteiger partial charge in [-0.1, -0.05) is 36.4 Å². The maximum absolute atomic E-state index is 12.7. The number of carbonyl (C=O) groups excluding carboxylic acids is 1. The van der Waals surface area contributed by atoms with E-state index >= 15 is 0 Å². The molecule has 184 valence electrons. The molecule has 0 aliphatic carbocycles. The summed E-state index contributed by atoms with van der Waals surface area (Å²) in [5.74, 6) is 0.384. The Bertz CT molecular complexity index is 1340. The van der Waals surface area contributed by atoms with Gasteiger partial charge in [-0.3, -0.25) is 5.10 Å². The summed E-state index contributed by atoms with van der Waals surface area (Å²) in [7, 11) is 0. The zero-order chi connectivity index (χ0) is 25.1. The van der Waals surface area contributed by atoms with E-state index in [1.54, 1.807) is 23.1 Å². The molecule has 10 nitrogen and oxygen atoms in total. The molecule has 1 aromatic heterocycles. The number of aromatic nitrogens is 2. The molecule has 10 heteroatoms. The van der Waals surface area contributed by atoms with Crippen LogP contribution in [0, 0.1) is 11.3 Å². The van der Waals surface area contributed by atoms with E-state index in [9.17, 15) is 10.1 Å². The molecule has 0 spiro atoms. The largest absolute Gasteiger partial charge is 0.490 e. The minimum absolute atomic E-state index is 0.0121. The summed E-state index contributed by atoms with van der Waals surface area (Å²) < 4.78 is 22.5. The number of hydrogen-bond acceptors (Lipinski definition) is 8. The van der Waals surface area contributed by atoms with Crippen LogP contribution >= 0.6 is 0 Å². The molecule has 36 heavy (non-hydrogen) atoms. The summed E-state index contributed by atoms with van der Waals surface area (Å²) in [4.78, 5) is 14.3. The van der Waals surface area contributed by atoms with Crippen molar-refractivity contribution >= 4 is 6.09 Å². The molecule has 1 amide bonds. The number of nitrogens with one attached hydrogen (secondary N) is 1. The lowest BCUT2D eigenvalue weighted by molar-refractivity contribution is 0.0413. The maximum Gasteiger partial charge on any atom is 0.415 e. The van der Waals surface area contributed by atoms with Gasteiger partial charge in [0, 0.05) is 13.1 Å². The number of hydrogen-bond donors (Lipinski definition) is 2. The number of amides is 1. The van der Waals surface area contributed by atoms with Gasteiger partial charge in [0.1, 0.15) is 11.6 Å². The van der Waals surface area contributed by atoms with Crippen molar-refractivity contribution < 1.29 is 23.7 Å². The lowest BCUT2D eigenvalue weighted by Crippen LogP contribution is -2.42. The number of aromatic amines is 1. The quantitative estimate of drug-likeness (QED) is 0.558. The van der Waals surface area contributed by atoms with Crippen LogP contribution in [-0.2, 0) is 4.74 Å². The monoisotopic (exact) mass is 487 g/mol. The van der Waals surface area contributed by atoms with Crippen molar-refractivity contribution in [1.29, 1.82) is 5.26 Å². The van der Waals surface area contributed by atoms with Crippen molar-refractivity contribution in [3.63, 3.8) is 0 Å². The Balaban J connectivity index is 1.56. The van der Waals surface area contributed by atoms with Crippen LogP contribution in [0.2, 0.25) is 0 Å². The normalized spacial score (nSPS) is 17.1. The van der Waals surface area contributed by atoms with Gasteiger partial charge in [0.2, 0.25) is 11.8 Å². The van der Waals surface area contributed by atoms with Crippen LogP contribution in [0.4, 0.5) is 4.79 Å². The third-order valence-corrected chi connectivity index (χ3v) is 6.07. The molecule has 1 atom stereocenters. The van der Waals surface area contributed by atoms with E-state index in [0.29, 0.717) is 55.7 Å². The smallest absolute Gasteiger partial charge is 0.415 e. The first-order chi connectivity index (χ1) is 17.6. The number of H-pyrrole nitrogens is 1. The second kappa shape index (κ2) is 10.0. The van der Waals surface area contributed by atoms with E-state index in [-0.39, 0.29) is 17.2 Å². The molecule has 3 N–H and O–H groups in total. The summed E-state index contributed by atoms with van der Waals surface area (Å²) in [6, 6.07) is 17.1. The molecule has 3 aromatic rings. The zero-order valence-electron chi connectivity index (χ0n) is 19.7. The minimum atomic E-state index is -0.573. The fraction of sp³-hybridized carbons (Fsp3) is 0.269. The number of benzene rings is 2. The van der Waals surface area contributed by atoms with E-state index in [2.05, 4.69) is 16.3 Å². The van der Waals surface area contributed by atoms with E-state index in [1.165, 1.54) is 0 Å². The van der Waals surface area contributed by atoms with Crippen LogP contribution in [0.1, 0.15) is 24.0 Å². The first-order valence-electron chi connectivity index (χ1n) is 11.6. The predicted octanol–water partition coefficient (Wildman–Crippen LogP) is 3.52. The number of fused-ring (bicyclic) bond motifs is 1. The number of nitrogens with two attached hydrogens (primary N) is 1. The number of nitrogens with zero attached hydrogens (tertiary/aromatic N) is 3. The Hall–Kier alpha value is -4.49. The first-order valence-corrected chi connectivity index (χ1v) is 11.6. The Morgan fingerprint density at radius 2 is 2.00 bits per heavy atom. The molecule has 1 unspecified atom stereocenters. The summed E-state index contributed by atoms with van der Waals surface area (Å²) >= 11 is 0. The Morgan fingerprint density at radius 3 is 2.72 bits per heavy atom. The highest BCUT2D eigenvalue weighted by atomic mass is 16.6. The Morgan fingerprint density at radius 1 is 1.22 bits per heavy atom. The topological polar surface area (TPSA) is 136 Å². The van der Waals surface area contributed by atoms with Crippen molar-refractivity contribution in [2.24, 2.45) is 5.73 Å². The zero-order valence-corrected chi connectivity index (χ0v) is 19.7. The Kier molecular flexibility index (Phi) is 6.47. The molecule has 1 fully saturated rings. The van der Waals surface area contributed by atoms with Crippen molar-refractivity contribution in [2.45, 2.75) is 12.8 Å². The summed E-state index contributed by atoms with van der Waals surface area (Å²) in [6.45, 7) is 4.06. The molecular weight excluding hydrogens is 462 g/mol. The van der Waals surface area contributed by atoms with Crippen LogP contribution in [0.3, 0.4) is 0 Å². The number of allylic oxidation sites excluding steroid dienone is 1. The van der Waals surface area contributed by atoms with Crippen molar-refractivity contribution in [3.05, 3.63) is 71.1 Å². The van der Waals surface area contributed by atoms with Gasteiger partial charge in [-0.15, -0.1) is 5.10 Å². The second-order valence-corrected chi connectivity index (χ2v) is 8.21. The second-order valence-electron chi connectivity index (χ2n) is 8.21. The van der Waals surface area contributed by atoms with Crippen molar-refractivity contribution in [2.75, 3.05) is 32.9 Å². The van der Waals surface area contributed by atoms with Gasteiger partial charge >= 0.3 is 6.09 Å². The summed E-state index contributed by atoms with van der Waals surface area (Å²) in [5, 5.41) is 17.3. The SMILES string of the molecule is CCOc1cc(C2C(C#N)=C(N)Oc3n[nH]c(-c4ccccc4)c32)ccc1OC(=O)N1CCOCC1. The van der Waals surface area contributed by atoms with Crippen LogP contribution < -0.4 is 19.9 Å². The lowest BCUT2D eigenvalue weighted by atomic mass is 9.83. The van der Waals surface area contributed by atoms with Crippen LogP contribution in [0.25, 0.3) is 11.3 Å². The van der Waals surface area contributed by atoms with Crippen molar-refractivity contribution in [3.8, 4) is 34.7 Å². The summed E-state index contributed by atoms with van der Waals surface area (Å²) in [6.07, 6.45) is -0.469. The van der Waals surface area contributed by atoms with Gasteiger partial charge in [-0.05, 0) is 30.2 Å². The molecule has 0 saturated carbocycles. The molecule has 3 heterocycles. The molecule has 0 bridgehead atoms. The number of rotatable bonds is 5. The van der Waals surface area contributed by atoms with Crippen LogP contribution in [-0.4, -0.2) is 54.1 Å². The average Bonchev–Trinajstić information content (AvgIpc) is 3.33. The molecule has 5 rings (SSSR count). The molecular formula is C26H25N5O5. The van der Waals surface area contributed by atoms with E-state index < -0.39 is 12.0 Å². The lowest BCUT2D eigenvalue weighted by Gasteiger charge is -2.27. The van der Waals surface area contributed by atoms with Gasteiger partial charge < -0.3 is 29.6 Å². The van der Waals surface area contributed by atoms with E-state index in [0.717, 1.165) is 11.3 Å². The fourth-order valence-corrected chi connectivity index (χ4v) is 4.36. The fourth-order valence-electron chi connectivity index (χ4n) is 4.36. The van der Waals surface area contributed by atoms with Gasteiger partial charge in [-0.25, -0.2) is 4.79 Å². The first kappa shape index (κ1) is 23.3. The standard InChI is InChI=1S/C26H25N5O5/c1-2-34-20-14-17(8-9-19(20)35-26(32)31-10-12-33-13-11-31)21-18(15-27)24(28)36-25-22(21)23(29-30-25)16-6-4-3-5-7-16/h3-9,14,21H,2,10-13,28H2,1H3,(H,29,30). The highest BCUT2D eigenvalue weighted by Gasteiger charge is 2.36. The molecule has 0 radical (unpaired) electrons. The predicted molar refractivity (Wildman–Crippen MR) is 129 cm³/mol. The van der Waals surface area contributed by atoms with Gasteiger partial charge in [-0.2, -0.15) is 5.26 Å². The van der Waals surface area contributed by atoms with Gasteiger partial charge in [0.05, 0.1) is 37.0 Å². The number of morpholine rings is 1. The number of nitriles is 1. The van der Waals surface area contributed by atoms with Crippen molar-refractivity contribution in [1.82, 2.24) is 15.1 Å². The van der Waals surface area contributed by atoms with Crippen LogP contribution in [0.15, 0.2) is 60.0 Å². The Labute approximate surface area is 207 Å². The third-order valence-electron chi connectivity index (χ3n) is 6.07. The third kappa shape index (κ3) is 4.32. The average molecular weight is 488 g/mol. The highest BCUT2D eigenvalue weighted by Crippen LogP contribution is 2.47. The minimum Gasteiger partial charge on any atom is -0.490 e. The molecule has 2 aliphatic rings. The maximum atomic E-state index is 12.7. The van der Waals surface area contributed by atoms with Gasteiger partial charge in [0.25, 0.3) is 0 Å². The van der Waals surface area contributed by atoms with E-state index in [4.69, 9.17) is 24.7 Å². The van der Waals surface area contributed by atoms with Gasteiger partial charge in [0.15, 0.2) is 11.5 Å². The number of ether oxygens (including phenoxy) is 4. The van der Waals surface area contributed by atoms with E-state index in [1.807, 2.05) is 37.3 Å². The molecule has 2 aromatic carbocycles. The summed E-state index contributed by atoms with van der Waals surface area (Å²) in [5.41, 5.74) is 9.38. The molecule has 2 aliphatic heterocycles.